The van der Waals surface area contributed by atoms with E-state index in [0.717, 1.165) is 12.0 Å². The maximum absolute atomic E-state index is 12.6. The van der Waals surface area contributed by atoms with Gasteiger partial charge in [-0.25, -0.2) is 4.79 Å². The largest absolute Gasteiger partial charge is 0.378 e. The summed E-state index contributed by atoms with van der Waals surface area (Å²) in [6.07, 6.45) is 2.52. The molecule has 1 aliphatic heterocycles. The summed E-state index contributed by atoms with van der Waals surface area (Å²) in [5.74, 6) is -0.307. The van der Waals surface area contributed by atoms with Gasteiger partial charge in [-0.3, -0.25) is 4.79 Å². The van der Waals surface area contributed by atoms with Crippen LogP contribution in [0.4, 0.5) is 4.79 Å². The first-order valence-electron chi connectivity index (χ1n) is 9.51. The maximum atomic E-state index is 12.6. The van der Waals surface area contributed by atoms with Gasteiger partial charge in [0.1, 0.15) is 12.1 Å². The van der Waals surface area contributed by atoms with Crippen LogP contribution in [0.2, 0.25) is 0 Å². The molecule has 1 heterocycles. The molecule has 1 aromatic carbocycles. The van der Waals surface area contributed by atoms with E-state index in [1.807, 2.05) is 37.3 Å². The van der Waals surface area contributed by atoms with Gasteiger partial charge in [-0.15, -0.1) is 0 Å². The van der Waals surface area contributed by atoms with E-state index < -0.39 is 12.1 Å². The molecular weight excluding hydrogens is 344 g/mol. The Morgan fingerprint density at radius 1 is 1.19 bits per heavy atom. The quantitative estimate of drug-likeness (QED) is 0.728. The lowest BCUT2D eigenvalue weighted by atomic mass is 10.1. The number of morpholine rings is 1. The highest BCUT2D eigenvalue weighted by Gasteiger charge is 2.25. The molecular formula is C20H28N4O3. The minimum Gasteiger partial charge on any atom is -0.378 e. The highest BCUT2D eigenvalue weighted by atomic mass is 16.5. The number of nitrogens with one attached hydrogen (secondary N) is 2. The minimum atomic E-state index is -0.641. The number of ether oxygens (including phenoxy) is 1. The second kappa shape index (κ2) is 11.2. The van der Waals surface area contributed by atoms with Crippen molar-refractivity contribution in [3.05, 3.63) is 35.9 Å². The van der Waals surface area contributed by atoms with Crippen LogP contribution in [0, 0.1) is 11.3 Å². The predicted molar refractivity (Wildman–Crippen MR) is 102 cm³/mol. The Morgan fingerprint density at radius 2 is 1.89 bits per heavy atom. The highest BCUT2D eigenvalue weighted by molar-refractivity contribution is 5.87. The van der Waals surface area contributed by atoms with Crippen LogP contribution in [0.1, 0.15) is 31.7 Å². The summed E-state index contributed by atoms with van der Waals surface area (Å²) in [7, 11) is 0. The molecule has 0 aromatic heterocycles. The van der Waals surface area contributed by atoms with Gasteiger partial charge in [0.2, 0.25) is 5.91 Å². The van der Waals surface area contributed by atoms with Crippen molar-refractivity contribution in [2.24, 2.45) is 0 Å². The standard InChI is InChI=1S/C20H28N4O3/c1-2-6-18(23-20(26)24-11-13-27-14-12-24)19(25)22-17(15-21)10-9-16-7-4-3-5-8-16/h3-5,7-8,17-18H,2,6,9-14H2,1H3,(H,22,25)(H,23,26)/t17-,18-/m0/s1. The van der Waals surface area contributed by atoms with E-state index in [0.29, 0.717) is 45.6 Å². The number of rotatable bonds is 8. The zero-order chi connectivity index (χ0) is 19.5. The summed E-state index contributed by atoms with van der Waals surface area (Å²) in [4.78, 5) is 26.6. The number of nitrogens with zero attached hydrogens (tertiary/aromatic N) is 2. The normalized spacial score (nSPS) is 16.1. The highest BCUT2D eigenvalue weighted by Crippen LogP contribution is 2.07. The second-order valence-corrected chi connectivity index (χ2v) is 6.60. The number of carbonyl (C=O) groups is 2. The first-order valence-corrected chi connectivity index (χ1v) is 9.51. The van der Waals surface area contributed by atoms with Gasteiger partial charge in [-0.2, -0.15) is 5.26 Å². The van der Waals surface area contributed by atoms with E-state index in [1.54, 1.807) is 4.90 Å². The molecule has 2 rings (SSSR count). The Balaban J connectivity index is 1.87. The van der Waals surface area contributed by atoms with Crippen molar-refractivity contribution in [1.29, 1.82) is 5.26 Å². The van der Waals surface area contributed by atoms with Gasteiger partial charge in [0.05, 0.1) is 19.3 Å². The molecule has 0 saturated carbocycles. The molecule has 1 saturated heterocycles. The zero-order valence-corrected chi connectivity index (χ0v) is 15.8. The van der Waals surface area contributed by atoms with E-state index in [-0.39, 0.29) is 11.9 Å². The van der Waals surface area contributed by atoms with Crippen molar-refractivity contribution in [3.63, 3.8) is 0 Å². The summed E-state index contributed by atoms with van der Waals surface area (Å²) in [6.45, 7) is 4.01. The Morgan fingerprint density at radius 3 is 2.52 bits per heavy atom. The third-order valence-corrected chi connectivity index (χ3v) is 4.53. The number of hydrogen-bond donors (Lipinski definition) is 2. The van der Waals surface area contributed by atoms with Crippen LogP contribution in [0.15, 0.2) is 30.3 Å². The SMILES string of the molecule is CCC[C@H](NC(=O)N1CCOCC1)C(=O)N[C@H](C#N)CCc1ccccc1. The van der Waals surface area contributed by atoms with Crippen LogP contribution < -0.4 is 10.6 Å². The van der Waals surface area contributed by atoms with E-state index in [2.05, 4.69) is 16.7 Å². The van der Waals surface area contributed by atoms with Crippen LogP contribution in [0.25, 0.3) is 0 Å². The molecule has 2 N–H and O–H groups in total. The fourth-order valence-electron chi connectivity index (χ4n) is 2.96. The lowest BCUT2D eigenvalue weighted by Crippen LogP contribution is -2.54. The third kappa shape index (κ3) is 6.91. The van der Waals surface area contributed by atoms with Crippen molar-refractivity contribution in [2.45, 2.75) is 44.7 Å². The van der Waals surface area contributed by atoms with Gasteiger partial charge >= 0.3 is 6.03 Å². The predicted octanol–water partition coefficient (Wildman–Crippen LogP) is 1.84. The van der Waals surface area contributed by atoms with E-state index in [9.17, 15) is 14.9 Å². The van der Waals surface area contributed by atoms with Crippen molar-refractivity contribution < 1.29 is 14.3 Å². The third-order valence-electron chi connectivity index (χ3n) is 4.53. The van der Waals surface area contributed by atoms with E-state index >= 15 is 0 Å². The molecule has 3 amide bonds. The average Bonchev–Trinajstić information content (AvgIpc) is 2.72. The molecule has 7 nitrogen and oxygen atoms in total. The fraction of sp³-hybridized carbons (Fsp3) is 0.550. The number of urea groups is 1. The summed E-state index contributed by atoms with van der Waals surface area (Å²) >= 11 is 0. The summed E-state index contributed by atoms with van der Waals surface area (Å²) < 4.78 is 5.24. The van der Waals surface area contributed by atoms with Gasteiger partial charge < -0.3 is 20.3 Å². The van der Waals surface area contributed by atoms with Crippen LogP contribution in [0.3, 0.4) is 0 Å². The molecule has 1 aliphatic rings. The first kappa shape index (κ1) is 20.7. The number of amides is 3. The number of carbonyl (C=O) groups excluding carboxylic acids is 2. The molecule has 0 unspecified atom stereocenters. The van der Waals surface area contributed by atoms with Crippen LogP contribution in [0.5, 0.6) is 0 Å². The number of nitriles is 1. The minimum absolute atomic E-state index is 0.260. The Bertz CT molecular complexity index is 638. The van der Waals surface area contributed by atoms with Crippen molar-refractivity contribution in [3.8, 4) is 6.07 Å². The van der Waals surface area contributed by atoms with Gasteiger partial charge in [-0.1, -0.05) is 43.7 Å². The monoisotopic (exact) mass is 372 g/mol. The van der Waals surface area contributed by atoms with Gasteiger partial charge in [0.25, 0.3) is 0 Å². The maximum Gasteiger partial charge on any atom is 0.318 e. The van der Waals surface area contributed by atoms with Gasteiger partial charge in [-0.05, 0) is 24.8 Å². The number of hydrogen-bond acceptors (Lipinski definition) is 4. The smallest absolute Gasteiger partial charge is 0.318 e. The van der Waals surface area contributed by atoms with Gasteiger partial charge in [0.15, 0.2) is 0 Å². The van der Waals surface area contributed by atoms with Crippen LogP contribution in [-0.2, 0) is 16.0 Å². The molecule has 2 atom stereocenters. The van der Waals surface area contributed by atoms with Crippen LogP contribution >= 0.6 is 0 Å². The van der Waals surface area contributed by atoms with Crippen molar-refractivity contribution >= 4 is 11.9 Å². The Labute approximate surface area is 160 Å². The molecule has 0 aliphatic carbocycles. The average molecular weight is 372 g/mol. The molecule has 0 radical (unpaired) electrons. The molecule has 1 aromatic rings. The molecule has 146 valence electrons. The second-order valence-electron chi connectivity index (χ2n) is 6.60. The van der Waals surface area contributed by atoms with Crippen molar-refractivity contribution in [2.75, 3.05) is 26.3 Å². The van der Waals surface area contributed by atoms with Gasteiger partial charge in [0, 0.05) is 13.1 Å². The lowest BCUT2D eigenvalue weighted by Gasteiger charge is -2.29. The topological polar surface area (TPSA) is 94.5 Å². The fourth-order valence-corrected chi connectivity index (χ4v) is 2.96. The Hall–Kier alpha value is -2.59. The zero-order valence-electron chi connectivity index (χ0n) is 15.8. The first-order chi connectivity index (χ1) is 13.1. The summed E-state index contributed by atoms with van der Waals surface area (Å²) in [5, 5.41) is 14.9. The summed E-state index contributed by atoms with van der Waals surface area (Å²) in [6, 6.07) is 10.5. The van der Waals surface area contributed by atoms with E-state index in [4.69, 9.17) is 4.74 Å². The molecule has 0 spiro atoms. The number of benzene rings is 1. The summed E-state index contributed by atoms with van der Waals surface area (Å²) in [5.41, 5.74) is 1.12. The van der Waals surface area contributed by atoms with Crippen molar-refractivity contribution in [1.82, 2.24) is 15.5 Å². The number of aryl methyl sites for hydroxylation is 1. The Kier molecular flexibility index (Phi) is 8.59. The molecule has 27 heavy (non-hydrogen) atoms. The lowest BCUT2D eigenvalue weighted by molar-refractivity contribution is -0.123. The van der Waals surface area contributed by atoms with E-state index in [1.165, 1.54) is 0 Å². The van der Waals surface area contributed by atoms with Crippen LogP contribution in [-0.4, -0.2) is 55.2 Å². The molecule has 1 fully saturated rings. The molecule has 7 heteroatoms. The molecule has 0 bridgehead atoms.